The highest BCUT2D eigenvalue weighted by Gasteiger charge is 2.69. The van der Waals surface area contributed by atoms with E-state index >= 15 is 0 Å². The van der Waals surface area contributed by atoms with Crippen molar-refractivity contribution in [2.24, 2.45) is 5.41 Å². The van der Waals surface area contributed by atoms with Crippen LogP contribution in [0.15, 0.2) is 12.7 Å². The molecule has 0 unspecified atom stereocenters. The number of allylic oxidation sites excluding steroid dienone is 1. The van der Waals surface area contributed by atoms with Crippen LogP contribution < -0.4 is 0 Å². The number of unbranched alkanes of at least 4 members (excludes halogenated alkanes) is 1. The number of alkyl halides is 1. The van der Waals surface area contributed by atoms with Gasteiger partial charge in [0, 0.05) is 13.1 Å². The first-order chi connectivity index (χ1) is 9.17. The van der Waals surface area contributed by atoms with Gasteiger partial charge in [0.05, 0.1) is 0 Å². The second kappa shape index (κ2) is 5.05. The SMILES string of the molecule is C=CCCCN(CC12CC(F)(C1)C2)C(=O)OC(C)(C)C. The van der Waals surface area contributed by atoms with Crippen LogP contribution in [0.1, 0.15) is 52.9 Å². The molecule has 0 aromatic heterocycles. The summed E-state index contributed by atoms with van der Waals surface area (Å²) >= 11 is 0. The van der Waals surface area contributed by atoms with Gasteiger partial charge in [-0.05, 0) is 58.3 Å². The second-order valence-electron chi connectivity index (χ2n) is 7.51. The molecule has 0 spiro atoms. The van der Waals surface area contributed by atoms with Crippen molar-refractivity contribution in [3.05, 3.63) is 12.7 Å². The molecule has 3 fully saturated rings. The molecule has 0 atom stereocenters. The number of hydrogen-bond acceptors (Lipinski definition) is 2. The van der Waals surface area contributed by atoms with Crippen LogP contribution in [-0.2, 0) is 4.74 Å². The van der Waals surface area contributed by atoms with Gasteiger partial charge in [0.2, 0.25) is 0 Å². The molecule has 3 aliphatic rings. The molecule has 2 bridgehead atoms. The first-order valence-electron chi connectivity index (χ1n) is 7.45. The quantitative estimate of drug-likeness (QED) is 0.543. The van der Waals surface area contributed by atoms with Gasteiger partial charge in [0.25, 0.3) is 0 Å². The van der Waals surface area contributed by atoms with Crippen molar-refractivity contribution in [1.82, 2.24) is 4.90 Å². The van der Waals surface area contributed by atoms with Crippen molar-refractivity contribution >= 4 is 6.09 Å². The summed E-state index contributed by atoms with van der Waals surface area (Å²) in [5.74, 6) is 0. The van der Waals surface area contributed by atoms with E-state index in [1.54, 1.807) is 4.90 Å². The van der Waals surface area contributed by atoms with Crippen LogP contribution in [0.4, 0.5) is 9.18 Å². The van der Waals surface area contributed by atoms with Gasteiger partial charge in [-0.1, -0.05) is 6.08 Å². The summed E-state index contributed by atoms with van der Waals surface area (Å²) in [6, 6.07) is 0. The van der Waals surface area contributed by atoms with Crippen molar-refractivity contribution < 1.29 is 13.9 Å². The molecule has 0 radical (unpaired) electrons. The van der Waals surface area contributed by atoms with Gasteiger partial charge >= 0.3 is 6.09 Å². The van der Waals surface area contributed by atoms with Crippen LogP contribution in [0.25, 0.3) is 0 Å². The molecule has 0 heterocycles. The summed E-state index contributed by atoms with van der Waals surface area (Å²) in [4.78, 5) is 14.0. The Morgan fingerprint density at radius 2 is 2.00 bits per heavy atom. The Hall–Kier alpha value is -1.06. The van der Waals surface area contributed by atoms with Crippen molar-refractivity contribution in [1.29, 1.82) is 0 Å². The minimum Gasteiger partial charge on any atom is -0.444 e. The second-order valence-corrected chi connectivity index (χ2v) is 7.51. The largest absolute Gasteiger partial charge is 0.444 e. The predicted octanol–water partition coefficient (Wildman–Crippen LogP) is 4.08. The fourth-order valence-electron chi connectivity index (χ4n) is 3.42. The number of ether oxygens (including phenoxy) is 1. The maximum atomic E-state index is 13.6. The number of nitrogens with zero attached hydrogens (tertiary/aromatic N) is 1. The molecule has 0 aliphatic heterocycles. The highest BCUT2D eigenvalue weighted by atomic mass is 19.1. The molecule has 0 aromatic carbocycles. The monoisotopic (exact) mass is 283 g/mol. The zero-order valence-corrected chi connectivity index (χ0v) is 12.9. The number of hydrogen-bond donors (Lipinski definition) is 0. The predicted molar refractivity (Wildman–Crippen MR) is 77.4 cm³/mol. The van der Waals surface area contributed by atoms with Gasteiger partial charge in [-0.15, -0.1) is 6.58 Å². The zero-order chi connectivity index (χ0) is 15.0. The normalized spacial score (nSPS) is 31.0. The molecule has 4 heteroatoms. The molecule has 0 N–H and O–H groups in total. The zero-order valence-electron chi connectivity index (χ0n) is 12.9. The van der Waals surface area contributed by atoms with Crippen LogP contribution in [0.2, 0.25) is 0 Å². The third kappa shape index (κ3) is 3.33. The number of carbonyl (C=O) groups excluding carboxylic acids is 1. The summed E-state index contributed by atoms with van der Waals surface area (Å²) in [6.07, 6.45) is 5.16. The Labute approximate surface area is 121 Å². The van der Waals surface area contributed by atoms with E-state index in [1.165, 1.54) is 0 Å². The summed E-state index contributed by atoms with van der Waals surface area (Å²) in [6.45, 7) is 10.6. The number of halogens is 1. The highest BCUT2D eigenvalue weighted by Crippen LogP contribution is 2.69. The van der Waals surface area contributed by atoms with Crippen LogP contribution >= 0.6 is 0 Å². The maximum Gasteiger partial charge on any atom is 0.410 e. The Balaban J connectivity index is 1.90. The lowest BCUT2D eigenvalue weighted by Gasteiger charge is -2.66. The van der Waals surface area contributed by atoms with E-state index in [0.29, 0.717) is 32.4 Å². The van der Waals surface area contributed by atoms with Gasteiger partial charge in [-0.25, -0.2) is 9.18 Å². The topological polar surface area (TPSA) is 29.5 Å². The lowest BCUT2D eigenvalue weighted by molar-refractivity contribution is -0.219. The van der Waals surface area contributed by atoms with Crippen molar-refractivity contribution in [2.75, 3.05) is 13.1 Å². The van der Waals surface area contributed by atoms with E-state index in [1.807, 2.05) is 26.8 Å². The molecule has 20 heavy (non-hydrogen) atoms. The van der Waals surface area contributed by atoms with E-state index < -0.39 is 11.3 Å². The fourth-order valence-corrected chi connectivity index (χ4v) is 3.42. The summed E-state index contributed by atoms with van der Waals surface area (Å²) in [5, 5.41) is 0. The average molecular weight is 283 g/mol. The fraction of sp³-hybridized carbons (Fsp3) is 0.812. The molecule has 0 saturated heterocycles. The minimum absolute atomic E-state index is 0.0276. The third-order valence-corrected chi connectivity index (χ3v) is 4.09. The molecule has 3 nitrogen and oxygen atoms in total. The lowest BCUT2D eigenvalue weighted by atomic mass is 9.42. The van der Waals surface area contributed by atoms with E-state index in [2.05, 4.69) is 6.58 Å². The van der Waals surface area contributed by atoms with Crippen LogP contribution in [0.5, 0.6) is 0 Å². The molecule has 3 rings (SSSR count). The molecule has 3 saturated carbocycles. The van der Waals surface area contributed by atoms with E-state index in [4.69, 9.17) is 4.74 Å². The minimum atomic E-state index is -0.916. The first kappa shape index (κ1) is 15.3. The molecule has 3 aliphatic carbocycles. The number of carbonyl (C=O) groups is 1. The smallest absolute Gasteiger partial charge is 0.410 e. The first-order valence-corrected chi connectivity index (χ1v) is 7.45. The van der Waals surface area contributed by atoms with E-state index in [-0.39, 0.29) is 11.5 Å². The summed E-state index contributed by atoms with van der Waals surface area (Å²) < 4.78 is 19.1. The molecular weight excluding hydrogens is 257 g/mol. The summed E-state index contributed by atoms with van der Waals surface area (Å²) in [7, 11) is 0. The molecule has 0 aromatic rings. The third-order valence-electron chi connectivity index (χ3n) is 4.09. The Morgan fingerprint density at radius 1 is 1.40 bits per heavy atom. The average Bonchev–Trinajstić information content (AvgIpc) is 2.21. The van der Waals surface area contributed by atoms with Crippen molar-refractivity contribution in [2.45, 2.75) is 64.1 Å². The lowest BCUT2D eigenvalue weighted by Crippen LogP contribution is -2.68. The number of rotatable bonds is 6. The van der Waals surface area contributed by atoms with Crippen LogP contribution in [0.3, 0.4) is 0 Å². The Kier molecular flexibility index (Phi) is 3.87. The maximum absolute atomic E-state index is 13.6. The van der Waals surface area contributed by atoms with Crippen molar-refractivity contribution in [3.8, 4) is 0 Å². The summed E-state index contributed by atoms with van der Waals surface area (Å²) in [5.41, 5.74) is -1.38. The van der Waals surface area contributed by atoms with Gasteiger partial charge in [-0.3, -0.25) is 0 Å². The van der Waals surface area contributed by atoms with Gasteiger partial charge in [-0.2, -0.15) is 0 Å². The van der Waals surface area contributed by atoms with Crippen LogP contribution in [-0.4, -0.2) is 35.4 Å². The standard InChI is InChI=1S/C16H26FNO2/c1-5-6-7-8-18(13(19)20-14(2,3)4)12-15-9-16(17,10-15)11-15/h5H,1,6-12H2,2-4H3. The Morgan fingerprint density at radius 3 is 2.45 bits per heavy atom. The Bertz CT molecular complexity index is 380. The molecule has 1 amide bonds. The number of amides is 1. The van der Waals surface area contributed by atoms with Crippen LogP contribution in [0, 0.1) is 5.41 Å². The highest BCUT2D eigenvalue weighted by molar-refractivity contribution is 5.68. The van der Waals surface area contributed by atoms with Gasteiger partial charge in [0.15, 0.2) is 0 Å². The van der Waals surface area contributed by atoms with E-state index in [0.717, 1.165) is 12.8 Å². The van der Waals surface area contributed by atoms with E-state index in [9.17, 15) is 9.18 Å². The molecular formula is C16H26FNO2. The van der Waals surface area contributed by atoms with Crippen molar-refractivity contribution in [3.63, 3.8) is 0 Å². The molecule has 114 valence electrons. The van der Waals surface area contributed by atoms with Gasteiger partial charge < -0.3 is 9.64 Å². The van der Waals surface area contributed by atoms with Gasteiger partial charge in [0.1, 0.15) is 11.3 Å².